The van der Waals surface area contributed by atoms with Crippen molar-refractivity contribution in [2.24, 2.45) is 23.7 Å². The van der Waals surface area contributed by atoms with Crippen LogP contribution in [0.4, 0.5) is 0 Å². The van der Waals surface area contributed by atoms with Gasteiger partial charge in [-0.15, -0.1) is 0 Å². The molecule has 2 saturated carbocycles. The van der Waals surface area contributed by atoms with Crippen molar-refractivity contribution in [3.63, 3.8) is 0 Å². The summed E-state index contributed by atoms with van der Waals surface area (Å²) in [5.41, 5.74) is -0.456. The van der Waals surface area contributed by atoms with Gasteiger partial charge in [0.15, 0.2) is 0 Å². The van der Waals surface area contributed by atoms with Gasteiger partial charge in [0.25, 0.3) is 0 Å². The molecule has 5 atom stereocenters. The van der Waals surface area contributed by atoms with E-state index in [2.05, 4.69) is 12.2 Å². The Kier molecular flexibility index (Phi) is 2.91. The zero-order valence-electron chi connectivity index (χ0n) is 11.4. The molecule has 0 bridgehead atoms. The molecule has 0 N–H and O–H groups in total. The zero-order valence-corrected chi connectivity index (χ0v) is 11.4. The SMILES string of the molecule is COC(=O)C1C2CCCC2(OC(C)=O)[C@H]2C=CC[C@@H]12. The van der Waals surface area contributed by atoms with E-state index in [1.165, 1.54) is 14.0 Å². The molecule has 0 aromatic rings. The van der Waals surface area contributed by atoms with Crippen LogP contribution in [-0.4, -0.2) is 24.6 Å². The van der Waals surface area contributed by atoms with E-state index >= 15 is 0 Å². The number of allylic oxidation sites excluding steroid dienone is 1. The largest absolute Gasteiger partial charge is 0.469 e. The van der Waals surface area contributed by atoms with Crippen LogP contribution in [0.15, 0.2) is 12.2 Å². The fourth-order valence-corrected chi connectivity index (χ4v) is 4.73. The van der Waals surface area contributed by atoms with Crippen LogP contribution in [0.2, 0.25) is 0 Å². The number of hydrogen-bond donors (Lipinski definition) is 0. The molecule has 0 amide bonds. The third kappa shape index (κ3) is 1.65. The van der Waals surface area contributed by atoms with Crippen molar-refractivity contribution >= 4 is 11.9 Å². The molecular formula is C15H20O4. The van der Waals surface area contributed by atoms with Crippen LogP contribution >= 0.6 is 0 Å². The summed E-state index contributed by atoms with van der Waals surface area (Å²) in [7, 11) is 1.44. The van der Waals surface area contributed by atoms with Gasteiger partial charge < -0.3 is 9.47 Å². The van der Waals surface area contributed by atoms with E-state index in [9.17, 15) is 9.59 Å². The minimum absolute atomic E-state index is 0.119. The first-order valence-electron chi connectivity index (χ1n) is 7.04. The molecule has 19 heavy (non-hydrogen) atoms. The number of hydrogen-bond acceptors (Lipinski definition) is 4. The molecule has 4 heteroatoms. The van der Waals surface area contributed by atoms with Crippen molar-refractivity contribution in [3.05, 3.63) is 12.2 Å². The molecule has 104 valence electrons. The molecule has 0 heterocycles. The van der Waals surface area contributed by atoms with Crippen LogP contribution in [0.25, 0.3) is 0 Å². The van der Waals surface area contributed by atoms with E-state index in [0.717, 1.165) is 25.7 Å². The van der Waals surface area contributed by atoms with Crippen LogP contribution < -0.4 is 0 Å². The Labute approximate surface area is 113 Å². The van der Waals surface area contributed by atoms with Crippen LogP contribution in [-0.2, 0) is 19.1 Å². The van der Waals surface area contributed by atoms with E-state index in [0.29, 0.717) is 0 Å². The standard InChI is InChI=1S/C15H20O4/c1-9(16)19-15-8-4-7-12(15)13(14(17)18-2)10-5-3-6-11(10)15/h3,6,10-13H,4-5,7-8H2,1-2H3/t10-,11+,12?,13?,15?/m1/s1. The van der Waals surface area contributed by atoms with Crippen molar-refractivity contribution in [1.29, 1.82) is 0 Å². The van der Waals surface area contributed by atoms with Gasteiger partial charge in [-0.25, -0.2) is 0 Å². The van der Waals surface area contributed by atoms with Crippen molar-refractivity contribution in [2.45, 2.75) is 38.2 Å². The lowest BCUT2D eigenvalue weighted by molar-refractivity contribution is -0.165. The van der Waals surface area contributed by atoms with Crippen LogP contribution in [0.5, 0.6) is 0 Å². The molecule has 0 aromatic heterocycles. The number of carbonyl (C=O) groups is 2. The molecule has 0 spiro atoms. The molecule has 0 saturated heterocycles. The van der Waals surface area contributed by atoms with Crippen LogP contribution in [0.1, 0.15) is 32.6 Å². The summed E-state index contributed by atoms with van der Waals surface area (Å²) in [6.45, 7) is 1.46. The number of esters is 2. The molecule has 2 fully saturated rings. The Morgan fingerprint density at radius 3 is 2.84 bits per heavy atom. The second-order valence-electron chi connectivity index (χ2n) is 5.95. The Morgan fingerprint density at radius 2 is 2.16 bits per heavy atom. The molecule has 3 rings (SSSR count). The lowest BCUT2D eigenvalue weighted by atomic mass is 9.84. The van der Waals surface area contributed by atoms with E-state index in [-0.39, 0.29) is 35.6 Å². The quantitative estimate of drug-likeness (QED) is 0.566. The Morgan fingerprint density at radius 1 is 1.37 bits per heavy atom. The fraction of sp³-hybridized carbons (Fsp3) is 0.733. The van der Waals surface area contributed by atoms with Crippen molar-refractivity contribution in [1.82, 2.24) is 0 Å². The second-order valence-corrected chi connectivity index (χ2v) is 5.95. The number of rotatable bonds is 2. The van der Waals surface area contributed by atoms with E-state index < -0.39 is 5.60 Å². The zero-order chi connectivity index (χ0) is 13.6. The van der Waals surface area contributed by atoms with Gasteiger partial charge in [-0.05, 0) is 31.6 Å². The van der Waals surface area contributed by atoms with Gasteiger partial charge >= 0.3 is 11.9 Å². The minimum atomic E-state index is -0.456. The monoisotopic (exact) mass is 264 g/mol. The van der Waals surface area contributed by atoms with Gasteiger partial charge in [-0.2, -0.15) is 0 Å². The van der Waals surface area contributed by atoms with E-state index in [1.54, 1.807) is 0 Å². The highest BCUT2D eigenvalue weighted by atomic mass is 16.6. The Hall–Kier alpha value is -1.32. The number of ether oxygens (including phenoxy) is 2. The minimum Gasteiger partial charge on any atom is -0.469 e. The molecular weight excluding hydrogens is 244 g/mol. The Balaban J connectivity index is 2.00. The summed E-state index contributed by atoms with van der Waals surface area (Å²) >= 11 is 0. The molecule has 3 aliphatic carbocycles. The van der Waals surface area contributed by atoms with E-state index in [4.69, 9.17) is 9.47 Å². The van der Waals surface area contributed by atoms with Crippen molar-refractivity contribution < 1.29 is 19.1 Å². The lowest BCUT2D eigenvalue weighted by Crippen LogP contribution is -2.41. The predicted molar refractivity (Wildman–Crippen MR) is 68.1 cm³/mol. The molecule has 0 aliphatic heterocycles. The maximum absolute atomic E-state index is 12.1. The van der Waals surface area contributed by atoms with Gasteiger partial charge in [0.1, 0.15) is 5.60 Å². The molecule has 0 radical (unpaired) electrons. The van der Waals surface area contributed by atoms with Crippen LogP contribution in [0.3, 0.4) is 0 Å². The number of carbonyl (C=O) groups excluding carboxylic acids is 2. The third-order valence-electron chi connectivity index (χ3n) is 5.19. The fourth-order valence-electron chi connectivity index (χ4n) is 4.73. The molecule has 0 aromatic carbocycles. The lowest BCUT2D eigenvalue weighted by Gasteiger charge is -2.34. The molecule has 3 aliphatic rings. The average Bonchev–Trinajstić information content (AvgIpc) is 3.00. The number of methoxy groups -OCH3 is 1. The summed E-state index contributed by atoms with van der Waals surface area (Å²) in [5.74, 6) is 0.0665. The van der Waals surface area contributed by atoms with E-state index in [1.807, 2.05) is 0 Å². The summed E-state index contributed by atoms with van der Waals surface area (Å²) in [5, 5.41) is 0. The maximum Gasteiger partial charge on any atom is 0.309 e. The topological polar surface area (TPSA) is 52.6 Å². The summed E-state index contributed by atoms with van der Waals surface area (Å²) in [6.07, 6.45) is 8.00. The molecule has 4 nitrogen and oxygen atoms in total. The van der Waals surface area contributed by atoms with Crippen LogP contribution in [0, 0.1) is 23.7 Å². The van der Waals surface area contributed by atoms with Gasteiger partial charge in [-0.1, -0.05) is 12.2 Å². The Bertz CT molecular complexity index is 441. The van der Waals surface area contributed by atoms with Gasteiger partial charge in [-0.3, -0.25) is 9.59 Å². The highest BCUT2D eigenvalue weighted by Gasteiger charge is 2.66. The third-order valence-corrected chi connectivity index (χ3v) is 5.19. The smallest absolute Gasteiger partial charge is 0.309 e. The van der Waals surface area contributed by atoms with Crippen molar-refractivity contribution in [3.8, 4) is 0 Å². The molecule has 3 unspecified atom stereocenters. The predicted octanol–water partition coefficient (Wildman–Crippen LogP) is 2.08. The van der Waals surface area contributed by atoms with Gasteiger partial charge in [0, 0.05) is 18.8 Å². The first kappa shape index (κ1) is 12.7. The van der Waals surface area contributed by atoms with Crippen molar-refractivity contribution in [2.75, 3.05) is 7.11 Å². The summed E-state index contributed by atoms with van der Waals surface area (Å²) in [4.78, 5) is 23.6. The normalized spacial score (nSPS) is 42.8. The summed E-state index contributed by atoms with van der Waals surface area (Å²) in [6, 6.07) is 0. The second kappa shape index (κ2) is 4.36. The number of fused-ring (bicyclic) bond motifs is 3. The highest BCUT2D eigenvalue weighted by molar-refractivity contribution is 5.75. The summed E-state index contributed by atoms with van der Waals surface area (Å²) < 4.78 is 10.8. The maximum atomic E-state index is 12.1. The highest BCUT2D eigenvalue weighted by Crippen LogP contribution is 2.61. The first-order chi connectivity index (χ1) is 9.10. The average molecular weight is 264 g/mol. The van der Waals surface area contributed by atoms with Gasteiger partial charge in [0.05, 0.1) is 13.0 Å². The first-order valence-corrected chi connectivity index (χ1v) is 7.04. The van der Waals surface area contributed by atoms with Gasteiger partial charge in [0.2, 0.25) is 0 Å².